The summed E-state index contributed by atoms with van der Waals surface area (Å²) in [6, 6.07) is 11.3. The third-order valence-electron chi connectivity index (χ3n) is 3.32. The zero-order valence-corrected chi connectivity index (χ0v) is 10.2. The van der Waals surface area contributed by atoms with Crippen LogP contribution in [0.1, 0.15) is 23.6 Å². The number of anilines is 1. The highest BCUT2D eigenvalue weighted by Crippen LogP contribution is 2.42. The maximum atomic E-state index is 13.1. The van der Waals surface area contributed by atoms with Crippen molar-refractivity contribution in [1.82, 2.24) is 4.98 Å². The molecule has 2 nitrogen and oxygen atoms in total. The molecule has 1 saturated carbocycles. The van der Waals surface area contributed by atoms with Gasteiger partial charge >= 0.3 is 0 Å². The zero-order chi connectivity index (χ0) is 12.5. The Bertz CT molecular complexity index is 568. The van der Waals surface area contributed by atoms with Gasteiger partial charge in [-0.1, -0.05) is 12.1 Å². The first-order valence-corrected chi connectivity index (χ1v) is 6.17. The molecule has 1 aromatic heterocycles. The number of nitrogens with zero attached hydrogens (tertiary/aromatic N) is 1. The van der Waals surface area contributed by atoms with Crippen LogP contribution in [0.5, 0.6) is 0 Å². The summed E-state index contributed by atoms with van der Waals surface area (Å²) in [6.45, 7) is 1.97. The van der Waals surface area contributed by atoms with Gasteiger partial charge in [-0.2, -0.15) is 0 Å². The van der Waals surface area contributed by atoms with E-state index in [2.05, 4.69) is 10.3 Å². The number of nitrogens with one attached hydrogen (secondary N) is 1. The van der Waals surface area contributed by atoms with Gasteiger partial charge in [-0.15, -0.1) is 0 Å². The Balaban J connectivity index is 1.68. The number of rotatable bonds is 3. The Kier molecular flexibility index (Phi) is 2.74. The molecule has 0 aliphatic heterocycles. The SMILES string of the molecule is Cc1cc(N[C@@H]2C[C@H]2c2cccc(F)c2)ccn1. The van der Waals surface area contributed by atoms with E-state index in [1.807, 2.05) is 25.1 Å². The molecule has 2 atom stereocenters. The van der Waals surface area contributed by atoms with E-state index in [0.717, 1.165) is 23.4 Å². The van der Waals surface area contributed by atoms with Crippen molar-refractivity contribution in [3.8, 4) is 0 Å². The van der Waals surface area contributed by atoms with Crippen molar-refractivity contribution in [2.45, 2.75) is 25.3 Å². The fourth-order valence-electron chi connectivity index (χ4n) is 2.31. The fraction of sp³-hybridized carbons (Fsp3) is 0.267. The molecule has 1 N–H and O–H groups in total. The van der Waals surface area contributed by atoms with E-state index in [4.69, 9.17) is 0 Å². The number of halogens is 1. The lowest BCUT2D eigenvalue weighted by atomic mass is 10.1. The maximum absolute atomic E-state index is 13.1. The summed E-state index contributed by atoms with van der Waals surface area (Å²) in [5.74, 6) is 0.270. The van der Waals surface area contributed by atoms with E-state index in [1.165, 1.54) is 6.07 Å². The molecule has 1 fully saturated rings. The van der Waals surface area contributed by atoms with Crippen LogP contribution in [0.2, 0.25) is 0 Å². The van der Waals surface area contributed by atoms with E-state index in [1.54, 1.807) is 18.3 Å². The third-order valence-corrected chi connectivity index (χ3v) is 3.32. The molecular weight excluding hydrogens is 227 g/mol. The van der Waals surface area contributed by atoms with Crippen LogP contribution in [0.4, 0.5) is 10.1 Å². The average Bonchev–Trinajstić information content (AvgIpc) is 3.08. The minimum absolute atomic E-state index is 0.155. The van der Waals surface area contributed by atoms with E-state index in [9.17, 15) is 4.39 Å². The number of aryl methyl sites for hydroxylation is 1. The Morgan fingerprint density at radius 1 is 1.28 bits per heavy atom. The molecule has 1 heterocycles. The summed E-state index contributed by atoms with van der Waals surface area (Å²) in [7, 11) is 0. The molecule has 92 valence electrons. The van der Waals surface area contributed by atoms with Crippen LogP contribution in [0.15, 0.2) is 42.6 Å². The Morgan fingerprint density at radius 2 is 2.17 bits per heavy atom. The molecule has 0 spiro atoms. The maximum Gasteiger partial charge on any atom is 0.123 e. The van der Waals surface area contributed by atoms with Gasteiger partial charge in [-0.25, -0.2) is 4.39 Å². The summed E-state index contributed by atoms with van der Waals surface area (Å²) in [6.07, 6.45) is 2.86. The molecule has 0 amide bonds. The van der Waals surface area contributed by atoms with Gasteiger partial charge in [0, 0.05) is 29.5 Å². The van der Waals surface area contributed by atoms with E-state index < -0.39 is 0 Å². The molecular formula is C15H15FN2. The standard InChI is InChI=1S/C15H15FN2/c1-10-7-13(5-6-17-10)18-15-9-14(15)11-3-2-4-12(16)8-11/h2-8,14-15H,9H2,1H3,(H,17,18)/t14-,15+/m0/s1. The third kappa shape index (κ3) is 2.35. The van der Waals surface area contributed by atoms with Crippen LogP contribution in [0.25, 0.3) is 0 Å². The lowest BCUT2D eigenvalue weighted by molar-refractivity contribution is 0.625. The molecule has 0 bridgehead atoms. The first-order valence-electron chi connectivity index (χ1n) is 6.17. The second-order valence-electron chi connectivity index (χ2n) is 4.83. The fourth-order valence-corrected chi connectivity index (χ4v) is 2.31. The minimum atomic E-state index is -0.155. The average molecular weight is 242 g/mol. The van der Waals surface area contributed by atoms with Gasteiger partial charge in [0.25, 0.3) is 0 Å². The highest BCUT2D eigenvalue weighted by molar-refractivity contribution is 5.47. The molecule has 2 aromatic rings. The largest absolute Gasteiger partial charge is 0.382 e. The monoisotopic (exact) mass is 242 g/mol. The van der Waals surface area contributed by atoms with Gasteiger partial charge in [-0.3, -0.25) is 4.98 Å². The second-order valence-corrected chi connectivity index (χ2v) is 4.83. The number of pyridine rings is 1. The number of hydrogen-bond donors (Lipinski definition) is 1. The van der Waals surface area contributed by atoms with Gasteiger partial charge in [0.05, 0.1) is 0 Å². The van der Waals surface area contributed by atoms with Crippen LogP contribution in [0, 0.1) is 12.7 Å². The van der Waals surface area contributed by atoms with E-state index in [-0.39, 0.29) is 5.82 Å². The van der Waals surface area contributed by atoms with Gasteiger partial charge in [0.2, 0.25) is 0 Å². The number of aromatic nitrogens is 1. The van der Waals surface area contributed by atoms with Gasteiger partial charge in [0.1, 0.15) is 5.82 Å². The van der Waals surface area contributed by atoms with Gasteiger partial charge in [0.15, 0.2) is 0 Å². The van der Waals surface area contributed by atoms with Crippen LogP contribution < -0.4 is 5.32 Å². The van der Waals surface area contributed by atoms with Crippen LogP contribution in [0.3, 0.4) is 0 Å². The Morgan fingerprint density at radius 3 is 2.94 bits per heavy atom. The van der Waals surface area contributed by atoms with Crippen molar-refractivity contribution in [2.24, 2.45) is 0 Å². The smallest absolute Gasteiger partial charge is 0.123 e. The first-order chi connectivity index (χ1) is 8.72. The number of hydrogen-bond acceptors (Lipinski definition) is 2. The lowest BCUT2D eigenvalue weighted by Gasteiger charge is -2.06. The molecule has 1 aliphatic rings. The Hall–Kier alpha value is -1.90. The second kappa shape index (κ2) is 4.41. The molecule has 18 heavy (non-hydrogen) atoms. The summed E-state index contributed by atoms with van der Waals surface area (Å²) in [4.78, 5) is 4.17. The van der Waals surface area contributed by atoms with Gasteiger partial charge in [-0.05, 0) is 43.2 Å². The topological polar surface area (TPSA) is 24.9 Å². The number of benzene rings is 1. The highest BCUT2D eigenvalue weighted by Gasteiger charge is 2.38. The zero-order valence-electron chi connectivity index (χ0n) is 10.2. The predicted octanol–water partition coefficient (Wildman–Crippen LogP) is 3.50. The molecule has 1 aliphatic carbocycles. The van der Waals surface area contributed by atoms with Gasteiger partial charge < -0.3 is 5.32 Å². The van der Waals surface area contributed by atoms with Crippen molar-refractivity contribution in [2.75, 3.05) is 5.32 Å². The molecule has 0 unspecified atom stereocenters. The predicted molar refractivity (Wildman–Crippen MR) is 70.1 cm³/mol. The Labute approximate surface area is 106 Å². The van der Waals surface area contributed by atoms with Crippen molar-refractivity contribution in [3.63, 3.8) is 0 Å². The van der Waals surface area contributed by atoms with Crippen molar-refractivity contribution in [1.29, 1.82) is 0 Å². The van der Waals surface area contributed by atoms with E-state index in [0.29, 0.717) is 12.0 Å². The molecule has 3 heteroatoms. The minimum Gasteiger partial charge on any atom is -0.382 e. The van der Waals surface area contributed by atoms with Crippen molar-refractivity contribution >= 4 is 5.69 Å². The normalized spacial score (nSPS) is 21.7. The summed E-state index contributed by atoms with van der Waals surface area (Å²) in [5.41, 5.74) is 3.17. The lowest BCUT2D eigenvalue weighted by Crippen LogP contribution is -2.04. The first kappa shape index (κ1) is 11.2. The highest BCUT2D eigenvalue weighted by atomic mass is 19.1. The van der Waals surface area contributed by atoms with Crippen molar-refractivity contribution < 1.29 is 4.39 Å². The summed E-state index contributed by atoms with van der Waals surface area (Å²) >= 11 is 0. The molecule has 1 aromatic carbocycles. The molecule has 3 rings (SSSR count). The van der Waals surface area contributed by atoms with E-state index >= 15 is 0 Å². The molecule has 0 saturated heterocycles. The van der Waals surface area contributed by atoms with Crippen LogP contribution >= 0.6 is 0 Å². The summed E-state index contributed by atoms with van der Waals surface area (Å²) in [5, 5.41) is 3.46. The van der Waals surface area contributed by atoms with Crippen LogP contribution in [-0.4, -0.2) is 11.0 Å². The quantitative estimate of drug-likeness (QED) is 0.891. The van der Waals surface area contributed by atoms with Crippen LogP contribution in [-0.2, 0) is 0 Å². The summed E-state index contributed by atoms with van der Waals surface area (Å²) < 4.78 is 13.1. The van der Waals surface area contributed by atoms with Crippen molar-refractivity contribution in [3.05, 3.63) is 59.7 Å². The molecule has 0 radical (unpaired) electrons.